The van der Waals surface area contributed by atoms with Gasteiger partial charge >= 0.3 is 6.18 Å². The van der Waals surface area contributed by atoms with Crippen LogP contribution in [0.4, 0.5) is 13.2 Å². The summed E-state index contributed by atoms with van der Waals surface area (Å²) in [4.78, 5) is 9.95. The quantitative estimate of drug-likeness (QED) is 0.621. The molecule has 1 aliphatic carbocycles. The van der Waals surface area contributed by atoms with E-state index in [1.54, 1.807) is 30.3 Å². The van der Waals surface area contributed by atoms with Crippen molar-refractivity contribution in [2.75, 3.05) is 0 Å². The van der Waals surface area contributed by atoms with Crippen molar-refractivity contribution in [1.82, 2.24) is 0 Å². The van der Waals surface area contributed by atoms with Gasteiger partial charge in [-0.2, -0.15) is 13.2 Å². The summed E-state index contributed by atoms with van der Waals surface area (Å²) in [5.41, 5.74) is 0.382. The number of benzene rings is 2. The van der Waals surface area contributed by atoms with Crippen LogP contribution in [0.2, 0.25) is 0 Å². The number of alkyl halides is 3. The average Bonchev–Trinajstić information content (AvgIpc) is 3.13. The number of hydrogen-bond donors (Lipinski definition) is 0. The highest BCUT2D eigenvalue weighted by Crippen LogP contribution is 2.57. The SMILES string of the molecule is O=[N+]([O-])[C@H]1[C@H](c2ccc3ccccc3c2)[C@@H]1C(F)(F)F. The fraction of sp³-hybridized carbons (Fsp3) is 0.286. The standard InChI is InChI=1S/C14H10F3NO2/c15-14(16,17)12-11(13(12)18(19)20)10-6-5-8-3-1-2-4-9(8)7-10/h1-7,11-13H/t11-,12+,13+/m1/s1. The summed E-state index contributed by atoms with van der Waals surface area (Å²) in [6.45, 7) is 0. The number of halogens is 3. The maximum atomic E-state index is 12.8. The van der Waals surface area contributed by atoms with Crippen LogP contribution >= 0.6 is 0 Å². The second-order valence-electron chi connectivity index (χ2n) is 4.98. The van der Waals surface area contributed by atoms with Gasteiger partial charge in [-0.05, 0) is 16.3 Å². The molecule has 0 bridgehead atoms. The zero-order chi connectivity index (χ0) is 14.5. The molecule has 0 aromatic heterocycles. The molecule has 0 unspecified atom stereocenters. The predicted octanol–water partition coefficient (Wildman–Crippen LogP) is 3.76. The van der Waals surface area contributed by atoms with E-state index in [1.807, 2.05) is 12.1 Å². The largest absolute Gasteiger partial charge is 0.399 e. The summed E-state index contributed by atoms with van der Waals surface area (Å²) in [6, 6.07) is 10.5. The molecule has 0 radical (unpaired) electrons. The van der Waals surface area contributed by atoms with E-state index >= 15 is 0 Å². The molecule has 0 spiro atoms. The smallest absolute Gasteiger partial charge is 0.264 e. The molecule has 0 saturated heterocycles. The number of nitro groups is 1. The molecule has 2 aromatic carbocycles. The summed E-state index contributed by atoms with van der Waals surface area (Å²) in [7, 11) is 0. The van der Waals surface area contributed by atoms with Crippen LogP contribution in [-0.4, -0.2) is 17.1 Å². The summed E-state index contributed by atoms with van der Waals surface area (Å²) in [6.07, 6.45) is -4.53. The van der Waals surface area contributed by atoms with Crippen molar-refractivity contribution in [2.45, 2.75) is 18.1 Å². The highest BCUT2D eigenvalue weighted by molar-refractivity contribution is 5.83. The lowest BCUT2D eigenvalue weighted by Gasteiger charge is -2.04. The molecule has 0 aliphatic heterocycles. The van der Waals surface area contributed by atoms with Gasteiger partial charge in [-0.1, -0.05) is 42.5 Å². The van der Waals surface area contributed by atoms with Crippen molar-refractivity contribution in [3.8, 4) is 0 Å². The molecule has 1 saturated carbocycles. The van der Waals surface area contributed by atoms with Crippen LogP contribution in [0.3, 0.4) is 0 Å². The lowest BCUT2D eigenvalue weighted by atomic mass is 10.0. The molecule has 1 aliphatic rings. The highest BCUT2D eigenvalue weighted by Gasteiger charge is 2.72. The minimum atomic E-state index is -4.53. The van der Waals surface area contributed by atoms with Crippen molar-refractivity contribution < 1.29 is 18.1 Å². The highest BCUT2D eigenvalue weighted by atomic mass is 19.4. The molecule has 1 fully saturated rings. The van der Waals surface area contributed by atoms with Gasteiger partial charge < -0.3 is 0 Å². The molecule has 0 N–H and O–H groups in total. The molecule has 2 aromatic rings. The van der Waals surface area contributed by atoms with E-state index in [1.165, 1.54) is 0 Å². The van der Waals surface area contributed by atoms with Crippen LogP contribution in [0, 0.1) is 16.0 Å². The Bertz CT molecular complexity index is 683. The second-order valence-corrected chi connectivity index (χ2v) is 4.98. The zero-order valence-corrected chi connectivity index (χ0v) is 10.2. The minimum Gasteiger partial charge on any atom is -0.264 e. The summed E-state index contributed by atoms with van der Waals surface area (Å²) in [5.74, 6) is -2.95. The van der Waals surface area contributed by atoms with Crippen molar-refractivity contribution in [3.05, 3.63) is 58.1 Å². The van der Waals surface area contributed by atoms with E-state index in [9.17, 15) is 23.3 Å². The lowest BCUT2D eigenvalue weighted by molar-refractivity contribution is -0.503. The molecular formula is C14H10F3NO2. The Kier molecular flexibility index (Phi) is 2.70. The maximum Gasteiger partial charge on any atom is 0.399 e. The Morgan fingerprint density at radius 2 is 1.70 bits per heavy atom. The number of nitrogens with zero attached hydrogens (tertiary/aromatic N) is 1. The van der Waals surface area contributed by atoms with Gasteiger partial charge in [-0.15, -0.1) is 0 Å². The van der Waals surface area contributed by atoms with Crippen LogP contribution in [0.15, 0.2) is 42.5 Å². The first-order valence-electron chi connectivity index (χ1n) is 6.08. The third kappa shape index (κ3) is 2.01. The third-order valence-corrected chi connectivity index (χ3v) is 3.76. The molecular weight excluding hydrogens is 271 g/mol. The molecule has 104 valence electrons. The molecule has 20 heavy (non-hydrogen) atoms. The average molecular weight is 281 g/mol. The van der Waals surface area contributed by atoms with Crippen LogP contribution < -0.4 is 0 Å². The number of fused-ring (bicyclic) bond motifs is 1. The monoisotopic (exact) mass is 281 g/mol. The zero-order valence-electron chi connectivity index (χ0n) is 10.2. The van der Waals surface area contributed by atoms with Crippen LogP contribution in [0.25, 0.3) is 10.8 Å². The first-order chi connectivity index (χ1) is 9.39. The van der Waals surface area contributed by atoms with Crippen LogP contribution in [0.5, 0.6) is 0 Å². The fourth-order valence-corrected chi connectivity index (χ4v) is 2.77. The van der Waals surface area contributed by atoms with Gasteiger partial charge in [0, 0.05) is 4.92 Å². The Morgan fingerprint density at radius 3 is 2.25 bits per heavy atom. The van der Waals surface area contributed by atoms with Gasteiger partial charge in [0.1, 0.15) is 5.92 Å². The van der Waals surface area contributed by atoms with Crippen molar-refractivity contribution >= 4 is 10.8 Å². The Balaban J connectivity index is 2.00. The van der Waals surface area contributed by atoms with E-state index in [0.29, 0.717) is 5.56 Å². The van der Waals surface area contributed by atoms with E-state index in [0.717, 1.165) is 10.8 Å². The van der Waals surface area contributed by atoms with Crippen molar-refractivity contribution in [1.29, 1.82) is 0 Å². The summed E-state index contributed by atoms with van der Waals surface area (Å²) < 4.78 is 38.4. The second kappa shape index (κ2) is 4.19. The topological polar surface area (TPSA) is 43.1 Å². The Hall–Kier alpha value is -2.11. The van der Waals surface area contributed by atoms with E-state index in [4.69, 9.17) is 0 Å². The minimum absolute atomic E-state index is 0.382. The first kappa shape index (κ1) is 12.9. The molecule has 3 rings (SSSR count). The first-order valence-corrected chi connectivity index (χ1v) is 6.08. The summed E-state index contributed by atoms with van der Waals surface area (Å²) in [5, 5.41) is 12.5. The van der Waals surface area contributed by atoms with Crippen molar-refractivity contribution in [3.63, 3.8) is 0 Å². The van der Waals surface area contributed by atoms with Crippen molar-refractivity contribution in [2.24, 2.45) is 5.92 Å². The van der Waals surface area contributed by atoms with Crippen LogP contribution in [-0.2, 0) is 0 Å². The molecule has 0 heterocycles. The molecule has 3 atom stereocenters. The Labute approximate surface area is 112 Å². The van der Waals surface area contributed by atoms with E-state index in [-0.39, 0.29) is 0 Å². The van der Waals surface area contributed by atoms with Gasteiger partial charge in [-0.3, -0.25) is 10.1 Å². The predicted molar refractivity (Wildman–Crippen MR) is 67.0 cm³/mol. The van der Waals surface area contributed by atoms with Crippen LogP contribution in [0.1, 0.15) is 11.5 Å². The summed E-state index contributed by atoms with van der Waals surface area (Å²) >= 11 is 0. The maximum absolute atomic E-state index is 12.8. The molecule has 6 heteroatoms. The van der Waals surface area contributed by atoms with Gasteiger partial charge in [0.05, 0.1) is 5.92 Å². The molecule has 0 amide bonds. The van der Waals surface area contributed by atoms with Gasteiger partial charge in [0.25, 0.3) is 0 Å². The van der Waals surface area contributed by atoms with E-state index in [2.05, 4.69) is 0 Å². The van der Waals surface area contributed by atoms with Gasteiger partial charge in [-0.25, -0.2) is 0 Å². The van der Waals surface area contributed by atoms with Gasteiger partial charge in [0.15, 0.2) is 0 Å². The fourth-order valence-electron chi connectivity index (χ4n) is 2.77. The normalized spacial score (nSPS) is 25.6. The van der Waals surface area contributed by atoms with E-state index < -0.39 is 29.0 Å². The number of rotatable bonds is 2. The van der Waals surface area contributed by atoms with Gasteiger partial charge in [0.2, 0.25) is 6.04 Å². The Morgan fingerprint density at radius 1 is 1.05 bits per heavy atom. The third-order valence-electron chi connectivity index (χ3n) is 3.76. The lowest BCUT2D eigenvalue weighted by Crippen LogP contribution is -2.17. The number of hydrogen-bond acceptors (Lipinski definition) is 2. The molecule has 3 nitrogen and oxygen atoms in total.